The number of nitrogens with zero attached hydrogens (tertiary/aromatic N) is 3. The highest BCUT2D eigenvalue weighted by molar-refractivity contribution is 5.60. The number of benzene rings is 1. The molecule has 0 aliphatic heterocycles. The van der Waals surface area contributed by atoms with Gasteiger partial charge in [0.1, 0.15) is 11.6 Å². The van der Waals surface area contributed by atoms with E-state index in [2.05, 4.69) is 18.7 Å². The second-order valence-electron chi connectivity index (χ2n) is 4.50. The highest BCUT2D eigenvalue weighted by Gasteiger charge is 2.16. The molecule has 1 aromatic carbocycles. The molecule has 0 unspecified atom stereocenters. The first kappa shape index (κ1) is 14.0. The highest BCUT2D eigenvalue weighted by Crippen LogP contribution is 2.25. The molecule has 0 N–H and O–H groups in total. The zero-order chi connectivity index (χ0) is 13.7. The number of hydrogen-bond donors (Lipinski definition) is 0. The number of hydrogen-bond acceptors (Lipinski definition) is 4. The van der Waals surface area contributed by atoms with E-state index < -0.39 is 4.92 Å². The Morgan fingerprint density at radius 3 is 2.61 bits per heavy atom. The predicted octanol–water partition coefficient (Wildman–Crippen LogP) is 2.95. The summed E-state index contributed by atoms with van der Waals surface area (Å²) in [6.45, 7) is 7.81. The van der Waals surface area contributed by atoms with E-state index >= 15 is 0 Å². The van der Waals surface area contributed by atoms with Crippen molar-refractivity contribution in [1.29, 1.82) is 5.26 Å². The van der Waals surface area contributed by atoms with Gasteiger partial charge in [-0.2, -0.15) is 5.26 Å². The van der Waals surface area contributed by atoms with Crippen molar-refractivity contribution in [3.05, 3.63) is 33.9 Å². The largest absolute Gasteiger partial charge is 0.371 e. The summed E-state index contributed by atoms with van der Waals surface area (Å²) in [5, 5.41) is 19.7. The summed E-state index contributed by atoms with van der Waals surface area (Å²) in [5.41, 5.74) is 0.762. The Balaban J connectivity index is 3.14. The Morgan fingerprint density at radius 1 is 1.50 bits per heavy atom. The van der Waals surface area contributed by atoms with Gasteiger partial charge in [0.05, 0.1) is 4.92 Å². The third kappa shape index (κ3) is 3.20. The molecule has 18 heavy (non-hydrogen) atoms. The molecule has 0 fully saturated rings. The van der Waals surface area contributed by atoms with Crippen LogP contribution in [0.2, 0.25) is 0 Å². The van der Waals surface area contributed by atoms with Gasteiger partial charge in [0.25, 0.3) is 5.69 Å². The second kappa shape index (κ2) is 6.01. The molecule has 0 saturated carbocycles. The SMILES string of the molecule is CCN(CC(C)C)c1ccc(C#N)c([N+](=O)[O-])c1. The molecular weight excluding hydrogens is 230 g/mol. The van der Waals surface area contributed by atoms with Gasteiger partial charge in [0, 0.05) is 24.8 Å². The van der Waals surface area contributed by atoms with Crippen LogP contribution in [0.4, 0.5) is 11.4 Å². The molecule has 5 heteroatoms. The lowest BCUT2D eigenvalue weighted by atomic mass is 10.1. The molecule has 0 amide bonds. The van der Waals surface area contributed by atoms with Gasteiger partial charge < -0.3 is 4.90 Å². The normalized spacial score (nSPS) is 10.2. The number of nitriles is 1. The van der Waals surface area contributed by atoms with E-state index in [0.29, 0.717) is 5.92 Å². The van der Waals surface area contributed by atoms with Crippen LogP contribution in [-0.2, 0) is 0 Å². The third-order valence-electron chi connectivity index (χ3n) is 2.63. The van der Waals surface area contributed by atoms with Crippen LogP contribution in [-0.4, -0.2) is 18.0 Å². The molecule has 0 atom stereocenters. The molecule has 0 aliphatic carbocycles. The van der Waals surface area contributed by atoms with Crippen LogP contribution >= 0.6 is 0 Å². The minimum absolute atomic E-state index is 0.101. The zero-order valence-corrected chi connectivity index (χ0v) is 10.9. The fourth-order valence-electron chi connectivity index (χ4n) is 1.82. The lowest BCUT2D eigenvalue weighted by Gasteiger charge is -2.25. The van der Waals surface area contributed by atoms with Gasteiger partial charge in [-0.3, -0.25) is 10.1 Å². The van der Waals surface area contributed by atoms with Crippen LogP contribution in [0.25, 0.3) is 0 Å². The fourth-order valence-corrected chi connectivity index (χ4v) is 1.82. The monoisotopic (exact) mass is 247 g/mol. The van der Waals surface area contributed by atoms with E-state index in [1.165, 1.54) is 12.1 Å². The molecule has 0 saturated heterocycles. The first-order chi connectivity index (χ1) is 8.49. The van der Waals surface area contributed by atoms with E-state index in [1.807, 2.05) is 13.0 Å². The van der Waals surface area contributed by atoms with Crippen molar-refractivity contribution < 1.29 is 4.92 Å². The summed E-state index contributed by atoms with van der Waals surface area (Å²) in [6, 6.07) is 6.59. The molecule has 5 nitrogen and oxygen atoms in total. The Bertz CT molecular complexity index is 478. The van der Waals surface area contributed by atoms with Crippen LogP contribution in [0, 0.1) is 27.4 Å². The van der Waals surface area contributed by atoms with Gasteiger partial charge in [-0.1, -0.05) is 13.8 Å². The molecule has 96 valence electrons. The third-order valence-corrected chi connectivity index (χ3v) is 2.63. The summed E-state index contributed by atoms with van der Waals surface area (Å²) in [6.07, 6.45) is 0. The van der Waals surface area contributed by atoms with Crippen LogP contribution < -0.4 is 4.90 Å². The zero-order valence-electron chi connectivity index (χ0n) is 10.9. The average molecular weight is 247 g/mol. The quantitative estimate of drug-likeness (QED) is 0.592. The van der Waals surface area contributed by atoms with E-state index in [9.17, 15) is 10.1 Å². The number of anilines is 1. The smallest absolute Gasteiger partial charge is 0.289 e. The van der Waals surface area contributed by atoms with Gasteiger partial charge >= 0.3 is 0 Å². The molecular formula is C13H17N3O2. The highest BCUT2D eigenvalue weighted by atomic mass is 16.6. The van der Waals surface area contributed by atoms with Gasteiger partial charge in [-0.15, -0.1) is 0 Å². The van der Waals surface area contributed by atoms with Crippen LogP contribution in [0.5, 0.6) is 0 Å². The molecule has 0 spiro atoms. The number of rotatable bonds is 5. The van der Waals surface area contributed by atoms with Crippen molar-refractivity contribution in [3.8, 4) is 6.07 Å². The first-order valence-corrected chi connectivity index (χ1v) is 5.93. The summed E-state index contributed by atoms with van der Waals surface area (Å²) >= 11 is 0. The van der Waals surface area contributed by atoms with E-state index in [-0.39, 0.29) is 11.3 Å². The molecule has 1 rings (SSSR count). The van der Waals surface area contributed by atoms with Crippen molar-refractivity contribution in [2.75, 3.05) is 18.0 Å². The molecule has 0 aromatic heterocycles. The van der Waals surface area contributed by atoms with Crippen LogP contribution in [0.3, 0.4) is 0 Å². The van der Waals surface area contributed by atoms with E-state index in [0.717, 1.165) is 18.8 Å². The van der Waals surface area contributed by atoms with Crippen molar-refractivity contribution in [1.82, 2.24) is 0 Å². The summed E-state index contributed by atoms with van der Waals surface area (Å²) in [5.74, 6) is 0.472. The maximum absolute atomic E-state index is 10.9. The van der Waals surface area contributed by atoms with E-state index in [1.54, 1.807) is 6.07 Å². The fraction of sp³-hybridized carbons (Fsp3) is 0.462. The van der Waals surface area contributed by atoms with Crippen LogP contribution in [0.1, 0.15) is 26.3 Å². The van der Waals surface area contributed by atoms with Crippen molar-refractivity contribution in [2.45, 2.75) is 20.8 Å². The Labute approximate surface area is 107 Å². The van der Waals surface area contributed by atoms with Gasteiger partial charge in [0.2, 0.25) is 0 Å². The second-order valence-corrected chi connectivity index (χ2v) is 4.50. The molecule has 0 aliphatic rings. The molecule has 0 heterocycles. The van der Waals surface area contributed by atoms with Crippen molar-refractivity contribution in [2.24, 2.45) is 5.92 Å². The maximum Gasteiger partial charge on any atom is 0.289 e. The van der Waals surface area contributed by atoms with E-state index in [4.69, 9.17) is 5.26 Å². The Hall–Kier alpha value is -2.09. The standard InChI is InChI=1S/C13H17N3O2/c1-4-15(9-10(2)3)12-6-5-11(8-14)13(7-12)16(17)18/h5-7,10H,4,9H2,1-3H3. The van der Waals surface area contributed by atoms with Crippen LogP contribution in [0.15, 0.2) is 18.2 Å². The minimum Gasteiger partial charge on any atom is -0.371 e. The first-order valence-electron chi connectivity index (χ1n) is 5.93. The lowest BCUT2D eigenvalue weighted by Crippen LogP contribution is -2.27. The summed E-state index contributed by atoms with van der Waals surface area (Å²) < 4.78 is 0. The summed E-state index contributed by atoms with van der Waals surface area (Å²) in [7, 11) is 0. The Kier molecular flexibility index (Phi) is 4.67. The molecule has 0 radical (unpaired) electrons. The lowest BCUT2D eigenvalue weighted by molar-refractivity contribution is -0.385. The topological polar surface area (TPSA) is 70.2 Å². The Morgan fingerprint density at radius 2 is 2.17 bits per heavy atom. The van der Waals surface area contributed by atoms with Gasteiger partial charge in [-0.05, 0) is 25.0 Å². The molecule has 1 aromatic rings. The summed E-state index contributed by atoms with van der Waals surface area (Å²) in [4.78, 5) is 12.5. The number of nitro benzene ring substituents is 1. The van der Waals surface area contributed by atoms with Gasteiger partial charge in [-0.25, -0.2) is 0 Å². The molecule has 0 bridgehead atoms. The van der Waals surface area contributed by atoms with Gasteiger partial charge in [0.15, 0.2) is 0 Å². The van der Waals surface area contributed by atoms with Crippen molar-refractivity contribution in [3.63, 3.8) is 0 Å². The number of nitro groups is 1. The van der Waals surface area contributed by atoms with Crippen molar-refractivity contribution >= 4 is 11.4 Å². The average Bonchev–Trinajstić information content (AvgIpc) is 2.34. The predicted molar refractivity (Wildman–Crippen MR) is 70.5 cm³/mol. The maximum atomic E-state index is 10.9. The minimum atomic E-state index is -0.509.